The first-order valence-corrected chi connectivity index (χ1v) is 10.7. The van der Waals surface area contributed by atoms with Crippen molar-refractivity contribution in [2.45, 2.75) is 25.9 Å². The lowest BCUT2D eigenvalue weighted by molar-refractivity contribution is 0.0725. The first kappa shape index (κ1) is 20.7. The molecule has 0 unspecified atom stereocenters. The highest BCUT2D eigenvalue weighted by Gasteiger charge is 2.22. The average Bonchev–Trinajstić information content (AvgIpc) is 2.84. The van der Waals surface area contributed by atoms with Crippen molar-refractivity contribution in [3.63, 3.8) is 0 Å². The Morgan fingerprint density at radius 3 is 2.19 bits per heavy atom. The number of rotatable bonds is 6. The van der Waals surface area contributed by atoms with Crippen molar-refractivity contribution in [3.05, 3.63) is 95.6 Å². The third-order valence-corrected chi connectivity index (χ3v) is 5.42. The molecule has 0 aromatic heterocycles. The van der Waals surface area contributed by atoms with E-state index in [-0.39, 0.29) is 11.8 Å². The number of piperidine rings is 1. The Morgan fingerprint density at radius 1 is 0.774 bits per heavy atom. The van der Waals surface area contributed by atoms with Crippen LogP contribution in [0.15, 0.2) is 78.9 Å². The van der Waals surface area contributed by atoms with Crippen molar-refractivity contribution in [1.82, 2.24) is 4.90 Å². The number of amides is 2. The molecule has 0 spiro atoms. The number of benzene rings is 3. The molecular formula is C26H26N2O3. The SMILES string of the molecule is O=C(Nc1ccccc1C(=O)N1CCCCC1)c1ccccc1OCc1ccccc1. The third kappa shape index (κ3) is 5.12. The maximum Gasteiger partial charge on any atom is 0.259 e. The standard InChI is InChI=1S/C26H26N2O3/c29-25(22-14-6-8-16-24(22)31-19-20-11-3-1-4-12-20)27-23-15-7-5-13-21(23)26(30)28-17-9-2-10-18-28/h1,3-8,11-16H,2,9-10,17-19H2,(H,27,29). The third-order valence-electron chi connectivity index (χ3n) is 5.42. The number of ether oxygens (including phenoxy) is 1. The second-order valence-corrected chi connectivity index (χ2v) is 7.62. The largest absolute Gasteiger partial charge is 0.488 e. The molecule has 2 amide bonds. The van der Waals surface area contributed by atoms with Gasteiger partial charge in [-0.15, -0.1) is 0 Å². The molecule has 1 heterocycles. The summed E-state index contributed by atoms with van der Waals surface area (Å²) in [6.07, 6.45) is 3.20. The van der Waals surface area contributed by atoms with Gasteiger partial charge in [0.05, 0.1) is 16.8 Å². The summed E-state index contributed by atoms with van der Waals surface area (Å²) in [5.74, 6) is 0.162. The van der Waals surface area contributed by atoms with Crippen molar-refractivity contribution >= 4 is 17.5 Å². The normalized spacial score (nSPS) is 13.5. The van der Waals surface area contributed by atoms with E-state index in [1.165, 1.54) is 0 Å². The number of carbonyl (C=O) groups excluding carboxylic acids is 2. The van der Waals surface area contributed by atoms with Gasteiger partial charge in [-0.3, -0.25) is 9.59 Å². The predicted molar refractivity (Wildman–Crippen MR) is 121 cm³/mol. The fourth-order valence-electron chi connectivity index (χ4n) is 3.75. The van der Waals surface area contributed by atoms with E-state index in [9.17, 15) is 9.59 Å². The Bertz CT molecular complexity index is 1040. The van der Waals surface area contributed by atoms with E-state index >= 15 is 0 Å². The summed E-state index contributed by atoms with van der Waals surface area (Å²) in [5, 5.41) is 2.92. The van der Waals surface area contributed by atoms with E-state index in [0.29, 0.717) is 29.2 Å². The van der Waals surface area contributed by atoms with Crippen molar-refractivity contribution in [2.75, 3.05) is 18.4 Å². The Kier molecular flexibility index (Phi) is 6.62. The fourth-order valence-corrected chi connectivity index (χ4v) is 3.75. The molecule has 31 heavy (non-hydrogen) atoms. The van der Waals surface area contributed by atoms with Crippen LogP contribution >= 0.6 is 0 Å². The Labute approximate surface area is 182 Å². The van der Waals surface area contributed by atoms with Gasteiger partial charge in [0, 0.05) is 13.1 Å². The lowest BCUT2D eigenvalue weighted by Crippen LogP contribution is -2.36. The molecule has 4 rings (SSSR count). The molecule has 1 saturated heterocycles. The maximum absolute atomic E-state index is 13.1. The Hall–Kier alpha value is -3.60. The molecule has 0 atom stereocenters. The van der Waals surface area contributed by atoms with E-state index in [1.807, 2.05) is 53.4 Å². The highest BCUT2D eigenvalue weighted by atomic mass is 16.5. The summed E-state index contributed by atoms with van der Waals surface area (Å²) in [4.78, 5) is 28.0. The molecule has 0 aliphatic carbocycles. The van der Waals surface area contributed by atoms with E-state index in [1.54, 1.807) is 30.3 Å². The number of hydrogen-bond donors (Lipinski definition) is 1. The summed E-state index contributed by atoms with van der Waals surface area (Å²) in [6.45, 7) is 1.89. The van der Waals surface area contributed by atoms with Crippen LogP contribution in [0.25, 0.3) is 0 Å². The van der Waals surface area contributed by atoms with Crippen LogP contribution in [0.1, 0.15) is 45.5 Å². The van der Waals surface area contributed by atoms with Crippen LogP contribution in [-0.2, 0) is 6.61 Å². The smallest absolute Gasteiger partial charge is 0.259 e. The molecule has 5 heteroatoms. The topological polar surface area (TPSA) is 58.6 Å². The predicted octanol–water partition coefficient (Wildman–Crippen LogP) is 5.14. The number of nitrogens with zero attached hydrogens (tertiary/aromatic N) is 1. The van der Waals surface area contributed by atoms with Gasteiger partial charge in [-0.25, -0.2) is 0 Å². The quantitative estimate of drug-likeness (QED) is 0.607. The second-order valence-electron chi connectivity index (χ2n) is 7.62. The molecule has 1 aliphatic heterocycles. The van der Waals surface area contributed by atoms with E-state index in [2.05, 4.69) is 5.32 Å². The van der Waals surface area contributed by atoms with Crippen LogP contribution in [0.4, 0.5) is 5.69 Å². The number of hydrogen-bond acceptors (Lipinski definition) is 3. The van der Waals surface area contributed by atoms with E-state index < -0.39 is 0 Å². The number of para-hydroxylation sites is 2. The molecule has 1 aliphatic rings. The zero-order valence-electron chi connectivity index (χ0n) is 17.4. The molecule has 3 aromatic carbocycles. The van der Waals surface area contributed by atoms with Crippen LogP contribution < -0.4 is 10.1 Å². The first-order valence-electron chi connectivity index (χ1n) is 10.7. The lowest BCUT2D eigenvalue weighted by Gasteiger charge is -2.27. The highest BCUT2D eigenvalue weighted by Crippen LogP contribution is 2.24. The van der Waals surface area contributed by atoms with Crippen molar-refractivity contribution in [3.8, 4) is 5.75 Å². The minimum absolute atomic E-state index is 0.0378. The van der Waals surface area contributed by atoms with Crippen molar-refractivity contribution in [1.29, 1.82) is 0 Å². The number of carbonyl (C=O) groups is 2. The molecule has 158 valence electrons. The minimum atomic E-state index is -0.303. The lowest BCUT2D eigenvalue weighted by atomic mass is 10.1. The van der Waals surface area contributed by atoms with Crippen LogP contribution in [0.5, 0.6) is 5.75 Å². The van der Waals surface area contributed by atoms with E-state index in [4.69, 9.17) is 4.74 Å². The van der Waals surface area contributed by atoms with Gasteiger partial charge in [0.2, 0.25) is 0 Å². The van der Waals surface area contributed by atoms with Gasteiger partial charge >= 0.3 is 0 Å². The highest BCUT2D eigenvalue weighted by molar-refractivity contribution is 6.10. The van der Waals surface area contributed by atoms with Crippen LogP contribution in [-0.4, -0.2) is 29.8 Å². The van der Waals surface area contributed by atoms with Gasteiger partial charge in [0.25, 0.3) is 11.8 Å². The molecule has 0 radical (unpaired) electrons. The number of nitrogens with one attached hydrogen (secondary N) is 1. The summed E-state index contributed by atoms with van der Waals surface area (Å²) in [6, 6.07) is 24.1. The van der Waals surface area contributed by atoms with Gasteiger partial charge in [-0.1, -0.05) is 54.6 Å². The number of anilines is 1. The van der Waals surface area contributed by atoms with Crippen molar-refractivity contribution in [2.24, 2.45) is 0 Å². The van der Waals surface area contributed by atoms with Crippen LogP contribution in [0.3, 0.4) is 0 Å². The molecule has 1 N–H and O–H groups in total. The summed E-state index contributed by atoms with van der Waals surface area (Å²) in [5.41, 5.74) is 2.48. The Morgan fingerprint density at radius 2 is 1.42 bits per heavy atom. The summed E-state index contributed by atoms with van der Waals surface area (Å²) < 4.78 is 5.92. The van der Waals surface area contributed by atoms with Crippen LogP contribution in [0, 0.1) is 0 Å². The minimum Gasteiger partial charge on any atom is -0.488 e. The van der Waals surface area contributed by atoms with Crippen LogP contribution in [0.2, 0.25) is 0 Å². The maximum atomic E-state index is 13.1. The number of likely N-dealkylation sites (tertiary alicyclic amines) is 1. The van der Waals surface area contributed by atoms with Gasteiger partial charge < -0.3 is 15.0 Å². The second kappa shape index (κ2) is 9.94. The first-order chi connectivity index (χ1) is 15.2. The van der Waals surface area contributed by atoms with Gasteiger partial charge in [-0.2, -0.15) is 0 Å². The summed E-state index contributed by atoms with van der Waals surface area (Å²) in [7, 11) is 0. The molecule has 0 bridgehead atoms. The monoisotopic (exact) mass is 414 g/mol. The molecule has 1 fully saturated rings. The van der Waals surface area contributed by atoms with Gasteiger partial charge in [0.15, 0.2) is 0 Å². The fraction of sp³-hybridized carbons (Fsp3) is 0.231. The summed E-state index contributed by atoms with van der Waals surface area (Å²) >= 11 is 0. The van der Waals surface area contributed by atoms with E-state index in [0.717, 1.165) is 37.9 Å². The molecule has 0 saturated carbocycles. The average molecular weight is 415 g/mol. The molecular weight excluding hydrogens is 388 g/mol. The molecule has 5 nitrogen and oxygen atoms in total. The van der Waals surface area contributed by atoms with Gasteiger partial charge in [0.1, 0.15) is 12.4 Å². The van der Waals surface area contributed by atoms with Gasteiger partial charge in [-0.05, 0) is 49.1 Å². The zero-order chi connectivity index (χ0) is 21.5. The molecule has 3 aromatic rings. The zero-order valence-corrected chi connectivity index (χ0v) is 17.4. The van der Waals surface area contributed by atoms with Crippen molar-refractivity contribution < 1.29 is 14.3 Å². The Balaban J connectivity index is 1.51.